The molecule has 1 aliphatic heterocycles. The number of aromatic carboxylic acids is 1. The highest BCUT2D eigenvalue weighted by Gasteiger charge is 2.39. The van der Waals surface area contributed by atoms with E-state index in [2.05, 4.69) is 9.97 Å². The molecule has 1 saturated heterocycles. The predicted octanol–water partition coefficient (Wildman–Crippen LogP) is 1.57. The molecule has 19 heavy (non-hydrogen) atoms. The summed E-state index contributed by atoms with van der Waals surface area (Å²) in [6, 6.07) is 0. The summed E-state index contributed by atoms with van der Waals surface area (Å²) in [6.07, 6.45) is 2.67. The molecular weight excluding hydrogens is 246 g/mol. The van der Waals surface area contributed by atoms with Crippen molar-refractivity contribution in [2.24, 2.45) is 0 Å². The van der Waals surface area contributed by atoms with E-state index < -0.39 is 5.97 Å². The second kappa shape index (κ2) is 4.45. The monoisotopic (exact) mass is 265 g/mol. The fourth-order valence-electron chi connectivity index (χ4n) is 2.52. The van der Waals surface area contributed by atoms with Crippen molar-refractivity contribution in [2.75, 3.05) is 18.0 Å². The van der Waals surface area contributed by atoms with Crippen molar-refractivity contribution in [1.29, 1.82) is 0 Å². The molecule has 1 aromatic rings. The fourth-order valence-corrected chi connectivity index (χ4v) is 2.52. The molecule has 0 atom stereocenters. The minimum atomic E-state index is -1.02. The van der Waals surface area contributed by atoms with Gasteiger partial charge in [0.05, 0.1) is 16.8 Å². The van der Waals surface area contributed by atoms with Crippen molar-refractivity contribution in [1.82, 2.24) is 9.97 Å². The first-order valence-corrected chi connectivity index (χ1v) is 6.19. The third-order valence-electron chi connectivity index (χ3n) is 2.86. The molecular formula is C13H19N3O3. The molecule has 1 N–H and O–H groups in total. The molecule has 104 valence electrons. The maximum absolute atomic E-state index is 10.8. The Labute approximate surface area is 112 Å². The van der Waals surface area contributed by atoms with Crippen molar-refractivity contribution in [3.8, 4) is 0 Å². The Morgan fingerprint density at radius 1 is 1.21 bits per heavy atom. The van der Waals surface area contributed by atoms with E-state index in [9.17, 15) is 4.79 Å². The zero-order chi connectivity index (χ0) is 14.3. The molecule has 2 rings (SSSR count). The molecule has 0 radical (unpaired) electrons. The number of hydrogen-bond donors (Lipinski definition) is 1. The van der Waals surface area contributed by atoms with Crippen LogP contribution in [0.15, 0.2) is 12.4 Å². The summed E-state index contributed by atoms with van der Waals surface area (Å²) >= 11 is 0. The highest BCUT2D eigenvalue weighted by atomic mass is 16.5. The Hall–Kier alpha value is -1.69. The molecule has 1 aliphatic rings. The van der Waals surface area contributed by atoms with E-state index >= 15 is 0 Å². The second-order valence-corrected chi connectivity index (χ2v) is 6.05. The second-order valence-electron chi connectivity index (χ2n) is 6.05. The van der Waals surface area contributed by atoms with Crippen LogP contribution >= 0.6 is 0 Å². The number of ether oxygens (including phenoxy) is 1. The lowest BCUT2D eigenvalue weighted by Crippen LogP contribution is -2.57. The molecule has 0 amide bonds. The molecule has 0 saturated carbocycles. The Balaban J connectivity index is 2.23. The van der Waals surface area contributed by atoms with Crippen LogP contribution in [0.2, 0.25) is 0 Å². The largest absolute Gasteiger partial charge is 0.478 e. The van der Waals surface area contributed by atoms with E-state index in [1.807, 2.05) is 32.6 Å². The van der Waals surface area contributed by atoms with Crippen LogP contribution < -0.4 is 4.90 Å². The molecule has 1 fully saturated rings. The minimum Gasteiger partial charge on any atom is -0.478 e. The van der Waals surface area contributed by atoms with Gasteiger partial charge in [0.25, 0.3) is 0 Å². The first kappa shape index (κ1) is 13.7. The van der Waals surface area contributed by atoms with E-state index in [1.165, 1.54) is 12.4 Å². The van der Waals surface area contributed by atoms with Gasteiger partial charge in [-0.3, -0.25) is 0 Å². The van der Waals surface area contributed by atoms with Gasteiger partial charge in [0.1, 0.15) is 0 Å². The number of morpholine rings is 1. The van der Waals surface area contributed by atoms with Crippen LogP contribution in [0.4, 0.5) is 5.95 Å². The maximum Gasteiger partial charge on any atom is 0.338 e. The first-order valence-electron chi connectivity index (χ1n) is 6.19. The summed E-state index contributed by atoms with van der Waals surface area (Å²) < 4.78 is 5.98. The van der Waals surface area contributed by atoms with Crippen LogP contribution in [0.25, 0.3) is 0 Å². The number of carbonyl (C=O) groups is 1. The average molecular weight is 265 g/mol. The number of carboxylic acids is 1. The van der Waals surface area contributed by atoms with Crippen LogP contribution in [0, 0.1) is 0 Å². The van der Waals surface area contributed by atoms with Gasteiger partial charge >= 0.3 is 5.97 Å². The standard InChI is InChI=1S/C13H19N3O3/c1-12(2)7-16(8-13(3,4)19-12)11-14-5-9(6-15-11)10(17)18/h5-6H,7-8H2,1-4H3,(H,17,18). The van der Waals surface area contributed by atoms with Gasteiger partial charge in [-0.15, -0.1) is 0 Å². The number of rotatable bonds is 2. The zero-order valence-corrected chi connectivity index (χ0v) is 11.7. The van der Waals surface area contributed by atoms with Gasteiger partial charge in [-0.1, -0.05) is 0 Å². The number of anilines is 1. The number of carboxylic acid groups (broad SMARTS) is 1. The molecule has 2 heterocycles. The quantitative estimate of drug-likeness (QED) is 0.874. The van der Waals surface area contributed by atoms with Gasteiger partial charge in [0, 0.05) is 25.5 Å². The van der Waals surface area contributed by atoms with Crippen molar-refractivity contribution in [2.45, 2.75) is 38.9 Å². The Bertz CT molecular complexity index is 466. The number of hydrogen-bond acceptors (Lipinski definition) is 5. The summed E-state index contributed by atoms with van der Waals surface area (Å²) in [5, 5.41) is 8.84. The Morgan fingerprint density at radius 3 is 2.11 bits per heavy atom. The summed E-state index contributed by atoms with van der Waals surface area (Å²) in [4.78, 5) is 21.1. The van der Waals surface area contributed by atoms with Crippen LogP contribution in [-0.2, 0) is 4.74 Å². The van der Waals surface area contributed by atoms with Crippen LogP contribution in [-0.4, -0.2) is 45.3 Å². The lowest BCUT2D eigenvalue weighted by molar-refractivity contribution is -0.133. The molecule has 0 unspecified atom stereocenters. The van der Waals surface area contributed by atoms with Gasteiger partial charge in [0.15, 0.2) is 0 Å². The normalized spacial score (nSPS) is 21.2. The van der Waals surface area contributed by atoms with Gasteiger partial charge in [-0.25, -0.2) is 14.8 Å². The number of nitrogens with zero attached hydrogens (tertiary/aromatic N) is 3. The molecule has 0 aliphatic carbocycles. The molecule has 1 aromatic heterocycles. The van der Waals surface area contributed by atoms with Crippen molar-refractivity contribution in [3.05, 3.63) is 18.0 Å². The molecule has 0 spiro atoms. The van der Waals surface area contributed by atoms with E-state index in [0.29, 0.717) is 19.0 Å². The topological polar surface area (TPSA) is 75.6 Å². The zero-order valence-electron chi connectivity index (χ0n) is 11.7. The molecule has 6 heteroatoms. The van der Waals surface area contributed by atoms with Gasteiger partial charge < -0.3 is 14.7 Å². The molecule has 6 nitrogen and oxygen atoms in total. The Kier molecular flexibility index (Phi) is 3.22. The predicted molar refractivity (Wildman–Crippen MR) is 70.4 cm³/mol. The highest BCUT2D eigenvalue weighted by molar-refractivity contribution is 5.86. The van der Waals surface area contributed by atoms with E-state index in [0.717, 1.165) is 0 Å². The Morgan fingerprint density at radius 2 is 1.68 bits per heavy atom. The van der Waals surface area contributed by atoms with Crippen molar-refractivity contribution >= 4 is 11.9 Å². The van der Waals surface area contributed by atoms with Crippen molar-refractivity contribution < 1.29 is 14.6 Å². The SMILES string of the molecule is CC1(C)CN(c2ncc(C(=O)O)cn2)CC(C)(C)O1. The lowest BCUT2D eigenvalue weighted by Gasteiger charge is -2.47. The van der Waals surface area contributed by atoms with E-state index in [-0.39, 0.29) is 16.8 Å². The summed E-state index contributed by atoms with van der Waals surface area (Å²) in [5.74, 6) is -0.483. The molecule has 0 bridgehead atoms. The molecule has 0 aromatic carbocycles. The highest BCUT2D eigenvalue weighted by Crippen LogP contribution is 2.29. The number of aromatic nitrogens is 2. The third-order valence-corrected chi connectivity index (χ3v) is 2.86. The third kappa shape index (κ3) is 3.20. The average Bonchev–Trinajstić information content (AvgIpc) is 2.25. The summed E-state index contributed by atoms with van der Waals surface area (Å²) in [5.41, 5.74) is -0.497. The van der Waals surface area contributed by atoms with Gasteiger partial charge in [-0.05, 0) is 27.7 Å². The minimum absolute atomic E-state index is 0.0931. The maximum atomic E-state index is 10.8. The van der Waals surface area contributed by atoms with Crippen LogP contribution in [0.5, 0.6) is 0 Å². The van der Waals surface area contributed by atoms with E-state index in [1.54, 1.807) is 0 Å². The summed E-state index contributed by atoms with van der Waals surface area (Å²) in [7, 11) is 0. The smallest absolute Gasteiger partial charge is 0.338 e. The van der Waals surface area contributed by atoms with Crippen LogP contribution in [0.3, 0.4) is 0 Å². The summed E-state index contributed by atoms with van der Waals surface area (Å²) in [6.45, 7) is 9.42. The first-order chi connectivity index (χ1) is 8.69. The van der Waals surface area contributed by atoms with Gasteiger partial charge in [-0.2, -0.15) is 0 Å². The van der Waals surface area contributed by atoms with Crippen LogP contribution in [0.1, 0.15) is 38.1 Å². The fraction of sp³-hybridized carbons (Fsp3) is 0.615. The van der Waals surface area contributed by atoms with Crippen molar-refractivity contribution in [3.63, 3.8) is 0 Å². The van der Waals surface area contributed by atoms with E-state index in [4.69, 9.17) is 9.84 Å². The lowest BCUT2D eigenvalue weighted by atomic mass is 9.99. The van der Waals surface area contributed by atoms with Gasteiger partial charge in [0.2, 0.25) is 5.95 Å².